The minimum absolute atomic E-state index is 0.0943. The number of nitrogens with zero attached hydrogens (tertiary/aromatic N) is 1. The number of ether oxygens (including phenoxy) is 2. The van der Waals surface area contributed by atoms with E-state index in [1.807, 2.05) is 19.1 Å². The molecule has 154 valence electrons. The molecule has 0 aliphatic carbocycles. The molecule has 1 fully saturated rings. The van der Waals surface area contributed by atoms with Crippen molar-refractivity contribution in [1.29, 1.82) is 0 Å². The van der Waals surface area contributed by atoms with Gasteiger partial charge in [-0.15, -0.1) is 0 Å². The lowest BCUT2D eigenvalue weighted by atomic mass is 10.0. The van der Waals surface area contributed by atoms with E-state index in [4.69, 9.17) is 19.1 Å². The summed E-state index contributed by atoms with van der Waals surface area (Å²) in [5.74, 6) is 0.722. The van der Waals surface area contributed by atoms with Crippen molar-refractivity contribution in [3.8, 4) is 5.95 Å². The molecule has 0 saturated carbocycles. The van der Waals surface area contributed by atoms with Gasteiger partial charge in [0.1, 0.15) is 11.9 Å². The van der Waals surface area contributed by atoms with Gasteiger partial charge in [-0.1, -0.05) is 29.9 Å². The van der Waals surface area contributed by atoms with E-state index in [0.29, 0.717) is 29.9 Å². The lowest BCUT2D eigenvalue weighted by Crippen LogP contribution is -2.15. The van der Waals surface area contributed by atoms with Gasteiger partial charge in [-0.25, -0.2) is 0 Å². The first-order valence-electron chi connectivity index (χ1n) is 9.24. The van der Waals surface area contributed by atoms with E-state index in [1.165, 1.54) is 7.11 Å². The first-order chi connectivity index (χ1) is 13.8. The van der Waals surface area contributed by atoms with Gasteiger partial charge in [-0.05, 0) is 44.0 Å². The Morgan fingerprint density at radius 1 is 1.28 bits per heavy atom. The summed E-state index contributed by atoms with van der Waals surface area (Å²) in [6.45, 7) is 5.84. The fourth-order valence-corrected chi connectivity index (χ4v) is 3.40. The number of benzene rings is 1. The van der Waals surface area contributed by atoms with E-state index in [2.05, 4.69) is 0 Å². The second kappa shape index (κ2) is 8.65. The summed E-state index contributed by atoms with van der Waals surface area (Å²) in [6.07, 6.45) is 4.30. The lowest BCUT2D eigenvalue weighted by Gasteiger charge is -2.21. The molecule has 1 aromatic heterocycles. The average Bonchev–Trinajstić information content (AvgIpc) is 3.14. The molecule has 0 spiro atoms. The van der Waals surface area contributed by atoms with E-state index in [9.17, 15) is 10.0 Å². The van der Waals surface area contributed by atoms with Crippen molar-refractivity contribution >= 4 is 11.8 Å². The van der Waals surface area contributed by atoms with Crippen LogP contribution in [0, 0.1) is 19.1 Å². The van der Waals surface area contributed by atoms with Crippen LogP contribution >= 0.6 is 0 Å². The van der Waals surface area contributed by atoms with Gasteiger partial charge >= 0.3 is 0 Å². The second-order valence-electron chi connectivity index (χ2n) is 7.10. The number of rotatable bonds is 5. The Labute approximate surface area is 169 Å². The minimum atomic E-state index is -0.330. The molecule has 1 unspecified atom stereocenters. The zero-order valence-electron chi connectivity index (χ0n) is 16.9. The Bertz CT molecular complexity index is 1000. The van der Waals surface area contributed by atoms with Gasteiger partial charge in [0.15, 0.2) is 5.43 Å². The van der Waals surface area contributed by atoms with E-state index in [1.54, 1.807) is 38.1 Å². The topological polar surface area (TPSA) is 95.2 Å². The van der Waals surface area contributed by atoms with Gasteiger partial charge < -0.3 is 24.3 Å². The van der Waals surface area contributed by atoms with Gasteiger partial charge in [-0.2, -0.15) is 0 Å². The van der Waals surface area contributed by atoms with Crippen LogP contribution in [0.3, 0.4) is 0 Å². The van der Waals surface area contributed by atoms with Crippen molar-refractivity contribution in [2.45, 2.75) is 33.3 Å². The molecule has 2 aromatic rings. The molecule has 1 aromatic carbocycles. The normalized spacial score (nSPS) is 18.3. The Kier molecular flexibility index (Phi) is 6.22. The third-order valence-corrected chi connectivity index (χ3v) is 4.90. The predicted octanol–water partition coefficient (Wildman–Crippen LogP) is 4.45. The quantitative estimate of drug-likeness (QED) is 0.743. The maximum Gasteiger partial charge on any atom is 0.291 e. The standard InChI is InChI=1S/C22H24NO6/c1-13(9-16-5-7-18(8-6-16)23(25)26)10-17-11-19(28-12-17)21-14(2)20(24)15(3)22(27-4)29-21/h5-10,19,25H,11-12H2,1-4H3/q-1. The van der Waals surface area contributed by atoms with Gasteiger partial charge in [0.05, 0.1) is 25.0 Å². The largest absolute Gasteiger partial charge is 0.733 e. The molecule has 2 heterocycles. The van der Waals surface area contributed by atoms with Gasteiger partial charge in [0.25, 0.3) is 5.95 Å². The van der Waals surface area contributed by atoms with Gasteiger partial charge in [-0.3, -0.25) is 10.0 Å². The molecule has 1 N–H and O–H groups in total. The second-order valence-corrected chi connectivity index (χ2v) is 7.10. The molecule has 0 bridgehead atoms. The van der Waals surface area contributed by atoms with Crippen molar-refractivity contribution in [2.75, 3.05) is 18.9 Å². The molecule has 0 amide bonds. The molecule has 3 rings (SSSR count). The predicted molar refractivity (Wildman–Crippen MR) is 110 cm³/mol. The third-order valence-electron chi connectivity index (χ3n) is 4.90. The number of allylic oxidation sites excluding steroid dienone is 2. The zero-order valence-corrected chi connectivity index (χ0v) is 16.9. The summed E-state index contributed by atoms with van der Waals surface area (Å²) >= 11 is 0. The summed E-state index contributed by atoms with van der Waals surface area (Å²) in [5, 5.41) is 19.6. The first-order valence-corrected chi connectivity index (χ1v) is 9.24. The molecule has 1 atom stereocenters. The number of hydrogen-bond donors (Lipinski definition) is 1. The number of hydrogen-bond acceptors (Lipinski definition) is 7. The van der Waals surface area contributed by atoms with E-state index in [0.717, 1.165) is 16.7 Å². The zero-order chi connectivity index (χ0) is 21.1. The maximum atomic E-state index is 12.4. The molecule has 1 aliphatic heterocycles. The summed E-state index contributed by atoms with van der Waals surface area (Å²) < 4.78 is 16.8. The summed E-state index contributed by atoms with van der Waals surface area (Å²) in [6, 6.07) is 6.60. The van der Waals surface area contributed by atoms with Crippen LogP contribution in [0.2, 0.25) is 0 Å². The molecule has 7 heteroatoms. The summed E-state index contributed by atoms with van der Waals surface area (Å²) in [5.41, 5.74) is 4.08. The summed E-state index contributed by atoms with van der Waals surface area (Å²) in [7, 11) is 1.47. The molecule has 29 heavy (non-hydrogen) atoms. The van der Waals surface area contributed by atoms with Crippen LogP contribution in [0.4, 0.5) is 5.69 Å². The van der Waals surface area contributed by atoms with Crippen LogP contribution in [0.1, 0.15) is 41.9 Å². The molecule has 7 nitrogen and oxygen atoms in total. The van der Waals surface area contributed by atoms with Crippen molar-refractivity contribution < 1.29 is 19.1 Å². The van der Waals surface area contributed by atoms with Crippen LogP contribution in [-0.2, 0) is 4.74 Å². The van der Waals surface area contributed by atoms with Crippen LogP contribution in [-0.4, -0.2) is 18.9 Å². The molecular weight excluding hydrogens is 374 g/mol. The van der Waals surface area contributed by atoms with Crippen molar-refractivity contribution in [2.24, 2.45) is 0 Å². The Hall–Kier alpha value is -2.87. The summed E-state index contributed by atoms with van der Waals surface area (Å²) in [4.78, 5) is 12.4. The van der Waals surface area contributed by atoms with Gasteiger partial charge in [0.2, 0.25) is 0 Å². The van der Waals surface area contributed by atoms with Crippen LogP contribution in [0.25, 0.3) is 6.08 Å². The molecule has 0 radical (unpaired) electrons. The fourth-order valence-electron chi connectivity index (χ4n) is 3.40. The number of anilines is 1. The maximum absolute atomic E-state index is 12.4. The van der Waals surface area contributed by atoms with Crippen molar-refractivity contribution in [3.63, 3.8) is 0 Å². The van der Waals surface area contributed by atoms with Crippen molar-refractivity contribution in [1.82, 2.24) is 0 Å². The highest BCUT2D eigenvalue weighted by Gasteiger charge is 2.28. The molecule has 1 saturated heterocycles. The fraction of sp³-hybridized carbons (Fsp3) is 0.318. The van der Waals surface area contributed by atoms with E-state index < -0.39 is 0 Å². The smallest absolute Gasteiger partial charge is 0.291 e. The minimum Gasteiger partial charge on any atom is -0.733 e. The highest BCUT2D eigenvalue weighted by atomic mass is 16.8. The average molecular weight is 398 g/mol. The van der Waals surface area contributed by atoms with Gasteiger partial charge in [0, 0.05) is 12.0 Å². The molecular formula is C22H24NO6-. The highest BCUT2D eigenvalue weighted by Crippen LogP contribution is 2.35. The first kappa shape index (κ1) is 20.9. The van der Waals surface area contributed by atoms with E-state index >= 15 is 0 Å². The third kappa shape index (κ3) is 4.59. The molecule has 1 aliphatic rings. The van der Waals surface area contributed by atoms with Crippen molar-refractivity contribution in [3.05, 3.63) is 79.4 Å². The SMILES string of the molecule is COc1oc(C2CC(=CC(C)=Cc3ccc(N([O-])O)cc3)CO2)c(C)c(=O)c1C. The Morgan fingerprint density at radius 2 is 1.97 bits per heavy atom. The highest BCUT2D eigenvalue weighted by molar-refractivity contribution is 5.59. The Morgan fingerprint density at radius 3 is 2.59 bits per heavy atom. The van der Waals surface area contributed by atoms with E-state index in [-0.39, 0.29) is 28.4 Å². The van der Waals surface area contributed by atoms with Crippen LogP contribution in [0.15, 0.2) is 50.7 Å². The van der Waals surface area contributed by atoms with Crippen LogP contribution < -0.4 is 15.4 Å². The lowest BCUT2D eigenvalue weighted by molar-refractivity contribution is 0.0880. The monoisotopic (exact) mass is 398 g/mol. The Balaban J connectivity index is 1.77. The number of methoxy groups -OCH3 is 1. The van der Waals surface area contributed by atoms with Crippen LogP contribution in [0.5, 0.6) is 5.95 Å².